The van der Waals surface area contributed by atoms with Crippen LogP contribution in [-0.4, -0.2) is 16.3 Å². The van der Waals surface area contributed by atoms with Gasteiger partial charge in [-0.15, -0.1) is 11.8 Å². The van der Waals surface area contributed by atoms with E-state index in [1.54, 1.807) is 0 Å². The van der Waals surface area contributed by atoms with Gasteiger partial charge in [0.2, 0.25) is 0 Å². The Kier molecular flexibility index (Phi) is 5.35. The van der Waals surface area contributed by atoms with E-state index in [1.165, 1.54) is 11.8 Å². The predicted molar refractivity (Wildman–Crippen MR) is 66.5 cm³/mol. The van der Waals surface area contributed by atoms with Gasteiger partial charge >= 0.3 is 5.97 Å². The Bertz CT molecular complexity index is 355. The summed E-state index contributed by atoms with van der Waals surface area (Å²) in [6, 6.07) is 7.74. The van der Waals surface area contributed by atoms with Crippen LogP contribution < -0.4 is 5.73 Å². The van der Waals surface area contributed by atoms with E-state index in [9.17, 15) is 4.79 Å². The molecule has 0 aromatic heterocycles. The number of carboxylic acids is 1. The van der Waals surface area contributed by atoms with Gasteiger partial charge in [-0.2, -0.15) is 0 Å². The SMILES string of the molecule is CCCC(Sc1cccc(CN)c1)C(=O)O. The lowest BCUT2D eigenvalue weighted by atomic mass is 10.2. The first-order valence-electron chi connectivity index (χ1n) is 5.35. The van der Waals surface area contributed by atoms with Crippen LogP contribution in [0.1, 0.15) is 25.3 Å². The maximum absolute atomic E-state index is 11.0. The van der Waals surface area contributed by atoms with Crippen molar-refractivity contribution in [3.63, 3.8) is 0 Å². The molecule has 1 rings (SSSR count). The number of aliphatic carboxylic acids is 1. The monoisotopic (exact) mass is 239 g/mol. The summed E-state index contributed by atoms with van der Waals surface area (Å²) in [5.74, 6) is -0.745. The molecule has 0 fully saturated rings. The zero-order valence-electron chi connectivity index (χ0n) is 9.35. The fourth-order valence-electron chi connectivity index (χ4n) is 1.41. The quantitative estimate of drug-likeness (QED) is 0.749. The predicted octanol–water partition coefficient (Wildman–Crippen LogP) is 2.49. The molecule has 1 aromatic carbocycles. The van der Waals surface area contributed by atoms with Gasteiger partial charge in [0.15, 0.2) is 0 Å². The first kappa shape index (κ1) is 13.1. The number of benzene rings is 1. The van der Waals surface area contributed by atoms with Crippen molar-refractivity contribution in [1.82, 2.24) is 0 Å². The van der Waals surface area contributed by atoms with Crippen LogP contribution in [0.3, 0.4) is 0 Å². The summed E-state index contributed by atoms with van der Waals surface area (Å²) in [4.78, 5) is 12.0. The van der Waals surface area contributed by atoms with Crippen molar-refractivity contribution >= 4 is 17.7 Å². The van der Waals surface area contributed by atoms with Crippen LogP contribution in [0.15, 0.2) is 29.2 Å². The van der Waals surface area contributed by atoms with Crippen LogP contribution >= 0.6 is 11.8 Å². The second-order valence-electron chi connectivity index (χ2n) is 3.58. The largest absolute Gasteiger partial charge is 0.480 e. The highest BCUT2D eigenvalue weighted by Crippen LogP contribution is 2.27. The van der Waals surface area contributed by atoms with Gasteiger partial charge < -0.3 is 10.8 Å². The molecule has 88 valence electrons. The Hall–Kier alpha value is -1.00. The molecule has 0 aliphatic rings. The number of nitrogens with two attached hydrogens (primary N) is 1. The van der Waals surface area contributed by atoms with E-state index >= 15 is 0 Å². The van der Waals surface area contributed by atoms with Gasteiger partial charge in [0.1, 0.15) is 5.25 Å². The Morgan fingerprint density at radius 3 is 2.88 bits per heavy atom. The van der Waals surface area contributed by atoms with E-state index in [0.29, 0.717) is 13.0 Å². The van der Waals surface area contributed by atoms with E-state index in [0.717, 1.165) is 16.9 Å². The highest BCUT2D eigenvalue weighted by Gasteiger charge is 2.17. The molecular weight excluding hydrogens is 222 g/mol. The standard InChI is InChI=1S/C12H17NO2S/c1-2-4-11(12(14)15)16-10-6-3-5-9(7-10)8-13/h3,5-7,11H,2,4,8,13H2,1H3,(H,14,15). The average Bonchev–Trinajstić information content (AvgIpc) is 2.28. The van der Waals surface area contributed by atoms with Crippen LogP contribution in [0.25, 0.3) is 0 Å². The minimum atomic E-state index is -0.745. The van der Waals surface area contributed by atoms with E-state index in [2.05, 4.69) is 0 Å². The Morgan fingerprint density at radius 1 is 1.56 bits per heavy atom. The summed E-state index contributed by atoms with van der Waals surface area (Å²) in [5, 5.41) is 8.68. The van der Waals surface area contributed by atoms with E-state index in [1.807, 2.05) is 31.2 Å². The first-order chi connectivity index (χ1) is 7.67. The van der Waals surface area contributed by atoms with Crippen LogP contribution in [0.4, 0.5) is 0 Å². The van der Waals surface area contributed by atoms with Crippen LogP contribution in [0.2, 0.25) is 0 Å². The Balaban J connectivity index is 2.72. The van der Waals surface area contributed by atoms with E-state index < -0.39 is 5.97 Å². The maximum Gasteiger partial charge on any atom is 0.316 e. The molecule has 0 heterocycles. The van der Waals surface area contributed by atoms with Gasteiger partial charge in [0, 0.05) is 11.4 Å². The van der Waals surface area contributed by atoms with Crippen molar-refractivity contribution in [3.05, 3.63) is 29.8 Å². The minimum Gasteiger partial charge on any atom is -0.480 e. The number of hydrogen-bond donors (Lipinski definition) is 2. The third kappa shape index (κ3) is 3.87. The van der Waals surface area contributed by atoms with Crippen LogP contribution in [-0.2, 0) is 11.3 Å². The van der Waals surface area contributed by atoms with Gasteiger partial charge in [-0.1, -0.05) is 25.5 Å². The van der Waals surface area contributed by atoms with Crippen molar-refractivity contribution in [2.24, 2.45) is 5.73 Å². The molecule has 1 atom stereocenters. The molecule has 0 saturated carbocycles. The molecule has 1 aromatic rings. The fraction of sp³-hybridized carbons (Fsp3) is 0.417. The molecule has 16 heavy (non-hydrogen) atoms. The highest BCUT2D eigenvalue weighted by molar-refractivity contribution is 8.00. The van der Waals surface area contributed by atoms with Gasteiger partial charge in [-0.25, -0.2) is 0 Å². The van der Waals surface area contributed by atoms with Crippen LogP contribution in [0, 0.1) is 0 Å². The lowest BCUT2D eigenvalue weighted by molar-refractivity contribution is -0.136. The second-order valence-corrected chi connectivity index (χ2v) is 4.86. The third-order valence-corrected chi connectivity index (χ3v) is 3.49. The van der Waals surface area contributed by atoms with Gasteiger partial charge in [-0.05, 0) is 24.1 Å². The molecule has 0 aliphatic carbocycles. The number of rotatable bonds is 6. The molecule has 0 spiro atoms. The summed E-state index contributed by atoms with van der Waals surface area (Å²) in [6.07, 6.45) is 1.56. The second kappa shape index (κ2) is 6.55. The molecule has 4 heteroatoms. The Morgan fingerprint density at radius 2 is 2.31 bits per heavy atom. The number of carbonyl (C=O) groups is 1. The van der Waals surface area contributed by atoms with E-state index in [-0.39, 0.29) is 5.25 Å². The number of thioether (sulfide) groups is 1. The highest BCUT2D eigenvalue weighted by atomic mass is 32.2. The van der Waals surface area contributed by atoms with Crippen molar-refractivity contribution in [2.75, 3.05) is 0 Å². The molecule has 0 radical (unpaired) electrons. The summed E-state index contributed by atoms with van der Waals surface area (Å²) in [7, 11) is 0. The number of carboxylic acid groups (broad SMARTS) is 1. The van der Waals surface area contributed by atoms with Crippen molar-refractivity contribution < 1.29 is 9.90 Å². The molecular formula is C12H17NO2S. The zero-order chi connectivity index (χ0) is 12.0. The average molecular weight is 239 g/mol. The molecule has 0 bridgehead atoms. The van der Waals surface area contributed by atoms with Crippen LogP contribution in [0.5, 0.6) is 0 Å². The molecule has 0 saturated heterocycles. The first-order valence-corrected chi connectivity index (χ1v) is 6.23. The molecule has 3 nitrogen and oxygen atoms in total. The van der Waals surface area contributed by atoms with Gasteiger partial charge in [0.25, 0.3) is 0 Å². The van der Waals surface area contributed by atoms with Crippen molar-refractivity contribution in [1.29, 1.82) is 0 Å². The summed E-state index contributed by atoms with van der Waals surface area (Å²) < 4.78 is 0. The minimum absolute atomic E-state index is 0.363. The van der Waals surface area contributed by atoms with Gasteiger partial charge in [-0.3, -0.25) is 4.79 Å². The molecule has 3 N–H and O–H groups in total. The zero-order valence-corrected chi connectivity index (χ0v) is 10.2. The molecule has 1 unspecified atom stereocenters. The fourth-order valence-corrected chi connectivity index (χ4v) is 2.56. The smallest absolute Gasteiger partial charge is 0.316 e. The summed E-state index contributed by atoms with van der Waals surface area (Å²) >= 11 is 1.40. The third-order valence-electron chi connectivity index (χ3n) is 2.24. The maximum atomic E-state index is 11.0. The molecule has 0 aliphatic heterocycles. The lowest BCUT2D eigenvalue weighted by Crippen LogP contribution is -2.15. The van der Waals surface area contributed by atoms with E-state index in [4.69, 9.17) is 10.8 Å². The van der Waals surface area contributed by atoms with Crippen molar-refractivity contribution in [2.45, 2.75) is 36.5 Å². The van der Waals surface area contributed by atoms with Crippen molar-refractivity contribution in [3.8, 4) is 0 Å². The number of hydrogen-bond acceptors (Lipinski definition) is 3. The summed E-state index contributed by atoms with van der Waals surface area (Å²) in [5.41, 5.74) is 6.58. The molecule has 0 amide bonds. The summed E-state index contributed by atoms with van der Waals surface area (Å²) in [6.45, 7) is 2.48. The Labute approximate surface area is 100 Å². The van der Waals surface area contributed by atoms with Gasteiger partial charge in [0.05, 0.1) is 0 Å². The topological polar surface area (TPSA) is 63.3 Å². The lowest BCUT2D eigenvalue weighted by Gasteiger charge is -2.11. The normalized spacial score (nSPS) is 12.4.